The molecule has 104 valence electrons. The summed E-state index contributed by atoms with van der Waals surface area (Å²) in [6, 6.07) is 7.98. The van der Waals surface area contributed by atoms with E-state index in [4.69, 9.17) is 5.11 Å². The van der Waals surface area contributed by atoms with Gasteiger partial charge in [-0.15, -0.1) is 0 Å². The zero-order valence-corrected chi connectivity index (χ0v) is 11.3. The maximum absolute atomic E-state index is 9.14. The highest BCUT2D eigenvalue weighted by Crippen LogP contribution is 2.30. The summed E-state index contributed by atoms with van der Waals surface area (Å²) in [5, 5.41) is 9.14. The van der Waals surface area contributed by atoms with Crippen LogP contribution in [0.25, 0.3) is 11.5 Å². The maximum atomic E-state index is 9.14. The third-order valence-corrected chi connectivity index (χ3v) is 3.66. The fourth-order valence-corrected chi connectivity index (χ4v) is 2.73. The van der Waals surface area contributed by atoms with Crippen LogP contribution < -0.4 is 0 Å². The summed E-state index contributed by atoms with van der Waals surface area (Å²) in [7, 11) is 0. The van der Waals surface area contributed by atoms with Crippen molar-refractivity contribution < 1.29 is 5.11 Å². The first kappa shape index (κ1) is 13.1. The van der Waals surface area contributed by atoms with Gasteiger partial charge in [-0.1, -0.05) is 6.07 Å². The first-order valence-electron chi connectivity index (χ1n) is 6.98. The van der Waals surface area contributed by atoms with Gasteiger partial charge >= 0.3 is 0 Å². The van der Waals surface area contributed by atoms with E-state index in [1.165, 1.54) is 0 Å². The molecule has 0 radical (unpaired) electrons. The first-order valence-corrected chi connectivity index (χ1v) is 6.98. The second-order valence-electron chi connectivity index (χ2n) is 4.94. The number of aromatic nitrogens is 3. The van der Waals surface area contributed by atoms with Crippen molar-refractivity contribution in [1.29, 1.82) is 0 Å². The van der Waals surface area contributed by atoms with Crippen molar-refractivity contribution in [3.05, 3.63) is 42.4 Å². The first-order chi connectivity index (χ1) is 9.88. The van der Waals surface area contributed by atoms with E-state index in [9.17, 15) is 0 Å². The molecule has 0 saturated carbocycles. The third-order valence-electron chi connectivity index (χ3n) is 3.66. The number of aliphatic hydroxyl groups is 1. The zero-order valence-electron chi connectivity index (χ0n) is 11.3. The predicted molar refractivity (Wildman–Crippen MR) is 75.9 cm³/mol. The van der Waals surface area contributed by atoms with Gasteiger partial charge in [-0.2, -0.15) is 0 Å². The van der Waals surface area contributed by atoms with Gasteiger partial charge in [-0.25, -0.2) is 9.97 Å². The quantitative estimate of drug-likeness (QED) is 0.915. The van der Waals surface area contributed by atoms with E-state index in [1.54, 1.807) is 12.4 Å². The van der Waals surface area contributed by atoms with Gasteiger partial charge in [-0.3, -0.25) is 9.88 Å². The number of hydrogen-bond acceptors (Lipinski definition) is 5. The van der Waals surface area contributed by atoms with Crippen LogP contribution in [0.2, 0.25) is 0 Å². The van der Waals surface area contributed by atoms with Crippen LogP contribution in [0.1, 0.15) is 24.6 Å². The number of hydrogen-bond donors (Lipinski definition) is 1. The van der Waals surface area contributed by atoms with E-state index in [1.807, 2.05) is 24.3 Å². The third kappa shape index (κ3) is 2.69. The predicted octanol–water partition coefficient (Wildman–Crippen LogP) is 1.67. The molecule has 1 fully saturated rings. The van der Waals surface area contributed by atoms with E-state index < -0.39 is 0 Å². The Hall–Kier alpha value is -1.85. The maximum Gasteiger partial charge on any atom is 0.178 e. The summed E-state index contributed by atoms with van der Waals surface area (Å²) >= 11 is 0. The minimum atomic E-state index is 0.189. The molecule has 0 amide bonds. The van der Waals surface area contributed by atoms with E-state index >= 15 is 0 Å². The van der Waals surface area contributed by atoms with Crippen LogP contribution in [0.3, 0.4) is 0 Å². The topological polar surface area (TPSA) is 62.1 Å². The highest BCUT2D eigenvalue weighted by molar-refractivity contribution is 5.48. The standard InChI is InChI=1S/C15H18N4O/c20-11-10-19-9-3-5-14(19)12-6-8-17-15(18-12)13-4-1-2-7-16-13/h1-2,4,6-8,14,20H,3,5,9-11H2. The molecule has 2 aromatic rings. The minimum absolute atomic E-state index is 0.189. The molecule has 3 rings (SSSR count). The number of β-amino-alcohol motifs (C(OH)–C–C–N with tert-alkyl or cyclic N) is 1. The lowest BCUT2D eigenvalue weighted by atomic mass is 10.1. The number of likely N-dealkylation sites (tertiary alicyclic amines) is 1. The van der Waals surface area contributed by atoms with Crippen LogP contribution in [-0.2, 0) is 0 Å². The van der Waals surface area contributed by atoms with Gasteiger partial charge in [0.1, 0.15) is 5.69 Å². The molecule has 1 atom stereocenters. The molecule has 0 aromatic carbocycles. The largest absolute Gasteiger partial charge is 0.395 e. The second-order valence-corrected chi connectivity index (χ2v) is 4.94. The van der Waals surface area contributed by atoms with E-state index in [0.717, 1.165) is 30.8 Å². The normalized spacial score (nSPS) is 19.4. The van der Waals surface area contributed by atoms with Gasteiger partial charge < -0.3 is 5.11 Å². The Morgan fingerprint density at radius 3 is 2.95 bits per heavy atom. The van der Waals surface area contributed by atoms with Gasteiger partial charge in [0.15, 0.2) is 5.82 Å². The van der Waals surface area contributed by atoms with E-state index in [0.29, 0.717) is 12.4 Å². The number of rotatable bonds is 4. The number of aliphatic hydroxyl groups excluding tert-OH is 1. The van der Waals surface area contributed by atoms with Crippen molar-refractivity contribution in [3.63, 3.8) is 0 Å². The van der Waals surface area contributed by atoms with Gasteiger partial charge in [0.25, 0.3) is 0 Å². The lowest BCUT2D eigenvalue weighted by molar-refractivity contribution is 0.183. The Morgan fingerprint density at radius 1 is 1.20 bits per heavy atom. The SMILES string of the molecule is OCCN1CCCC1c1ccnc(-c2ccccn2)n1. The monoisotopic (exact) mass is 270 g/mol. The fraction of sp³-hybridized carbons (Fsp3) is 0.400. The molecule has 1 aliphatic rings. The number of pyridine rings is 1. The van der Waals surface area contributed by atoms with Crippen molar-refractivity contribution in [1.82, 2.24) is 19.9 Å². The van der Waals surface area contributed by atoms with Crippen LogP contribution in [0, 0.1) is 0 Å². The molecule has 0 spiro atoms. The fourth-order valence-electron chi connectivity index (χ4n) is 2.73. The molecular formula is C15H18N4O. The van der Waals surface area contributed by atoms with Gasteiger partial charge in [0.05, 0.1) is 18.3 Å². The Bertz CT molecular complexity index is 561. The smallest absolute Gasteiger partial charge is 0.178 e. The number of nitrogens with zero attached hydrogens (tertiary/aromatic N) is 4. The average molecular weight is 270 g/mol. The van der Waals surface area contributed by atoms with Crippen LogP contribution in [0.5, 0.6) is 0 Å². The van der Waals surface area contributed by atoms with Gasteiger partial charge in [0.2, 0.25) is 0 Å². The molecular weight excluding hydrogens is 252 g/mol. The van der Waals surface area contributed by atoms with Crippen LogP contribution in [0.15, 0.2) is 36.7 Å². The van der Waals surface area contributed by atoms with E-state index in [-0.39, 0.29) is 12.6 Å². The summed E-state index contributed by atoms with van der Waals surface area (Å²) in [4.78, 5) is 15.5. The van der Waals surface area contributed by atoms with Crippen molar-refractivity contribution in [2.75, 3.05) is 19.7 Å². The van der Waals surface area contributed by atoms with Gasteiger partial charge in [0, 0.05) is 18.9 Å². The van der Waals surface area contributed by atoms with Crippen LogP contribution >= 0.6 is 0 Å². The van der Waals surface area contributed by atoms with Crippen LogP contribution in [0.4, 0.5) is 0 Å². The summed E-state index contributed by atoms with van der Waals surface area (Å²) in [5.41, 5.74) is 1.81. The lowest BCUT2D eigenvalue weighted by Gasteiger charge is -2.23. The molecule has 0 aliphatic carbocycles. The molecule has 5 nitrogen and oxygen atoms in total. The molecule has 1 unspecified atom stereocenters. The molecule has 1 aliphatic heterocycles. The highest BCUT2D eigenvalue weighted by Gasteiger charge is 2.26. The molecule has 1 N–H and O–H groups in total. The zero-order chi connectivity index (χ0) is 13.8. The Kier molecular flexibility index (Phi) is 3.99. The molecule has 1 saturated heterocycles. The summed E-state index contributed by atoms with van der Waals surface area (Å²) < 4.78 is 0. The van der Waals surface area contributed by atoms with E-state index in [2.05, 4.69) is 19.9 Å². The molecule has 0 bridgehead atoms. The molecule has 2 aromatic heterocycles. The van der Waals surface area contributed by atoms with Crippen molar-refractivity contribution in [2.45, 2.75) is 18.9 Å². The Balaban J connectivity index is 1.88. The van der Waals surface area contributed by atoms with Crippen molar-refractivity contribution >= 4 is 0 Å². The molecule has 5 heteroatoms. The Morgan fingerprint density at radius 2 is 2.15 bits per heavy atom. The van der Waals surface area contributed by atoms with Crippen molar-refractivity contribution in [2.24, 2.45) is 0 Å². The highest BCUT2D eigenvalue weighted by atomic mass is 16.3. The minimum Gasteiger partial charge on any atom is -0.395 e. The average Bonchev–Trinajstić information content (AvgIpc) is 2.97. The van der Waals surface area contributed by atoms with Crippen LogP contribution in [-0.4, -0.2) is 44.7 Å². The Labute approximate surface area is 118 Å². The summed E-state index contributed by atoms with van der Waals surface area (Å²) in [6.07, 6.45) is 5.77. The lowest BCUT2D eigenvalue weighted by Crippen LogP contribution is -2.27. The van der Waals surface area contributed by atoms with Gasteiger partial charge in [-0.05, 0) is 37.6 Å². The summed E-state index contributed by atoms with van der Waals surface area (Å²) in [6.45, 7) is 1.91. The summed E-state index contributed by atoms with van der Waals surface area (Å²) in [5.74, 6) is 0.666. The second kappa shape index (κ2) is 6.07. The molecule has 3 heterocycles. The van der Waals surface area contributed by atoms with Crippen molar-refractivity contribution in [3.8, 4) is 11.5 Å². The molecule has 20 heavy (non-hydrogen) atoms.